The van der Waals surface area contributed by atoms with E-state index >= 15 is 0 Å². The van der Waals surface area contributed by atoms with E-state index in [1.807, 2.05) is 30.3 Å². The number of hydrogen-bond acceptors (Lipinski definition) is 4. The van der Waals surface area contributed by atoms with E-state index in [1.165, 1.54) is 43.1 Å². The van der Waals surface area contributed by atoms with E-state index in [0.29, 0.717) is 22.0 Å². The minimum atomic E-state index is -1.14. The highest BCUT2D eigenvalue weighted by Crippen LogP contribution is 2.36. The van der Waals surface area contributed by atoms with Gasteiger partial charge >= 0.3 is 5.97 Å². The second-order valence-electron chi connectivity index (χ2n) is 6.41. The van der Waals surface area contributed by atoms with Crippen LogP contribution in [-0.4, -0.2) is 18.2 Å². The van der Waals surface area contributed by atoms with Gasteiger partial charge in [-0.05, 0) is 51.3 Å². The molecule has 4 nitrogen and oxygen atoms in total. The molecule has 0 atom stereocenters. The van der Waals surface area contributed by atoms with Crippen LogP contribution in [-0.2, 0) is 10.5 Å². The monoisotopic (exact) mass is 505 g/mol. The molecule has 0 aliphatic heterocycles. The summed E-state index contributed by atoms with van der Waals surface area (Å²) in [6.07, 6.45) is 2.32. The van der Waals surface area contributed by atoms with Crippen molar-refractivity contribution in [3.8, 4) is 5.75 Å². The van der Waals surface area contributed by atoms with Crippen LogP contribution in [0.5, 0.6) is 5.75 Å². The summed E-state index contributed by atoms with van der Waals surface area (Å²) in [6, 6.07) is 15.1. The number of ether oxygens (including phenoxy) is 1. The van der Waals surface area contributed by atoms with Gasteiger partial charge < -0.3 is 15.2 Å². The molecular weight excluding hydrogens is 488 g/mol. The number of methoxy groups -OCH3 is 1. The molecule has 0 saturated carbocycles. The Kier molecular flexibility index (Phi) is 7.70. The molecule has 0 radical (unpaired) electrons. The molecule has 0 amide bonds. The SMILES string of the molecule is COc1cc(Br)c(F)cc1Nc1cc(F)c(SCc2ccccc2)cc1/C=C/C(=O)O. The van der Waals surface area contributed by atoms with Crippen molar-refractivity contribution in [3.05, 3.63) is 87.9 Å². The lowest BCUT2D eigenvalue weighted by atomic mass is 10.1. The minimum Gasteiger partial charge on any atom is -0.495 e. The molecule has 0 saturated heterocycles. The first-order valence-corrected chi connectivity index (χ1v) is 10.9. The van der Waals surface area contributed by atoms with Gasteiger partial charge in [-0.15, -0.1) is 11.8 Å². The number of halogens is 3. The summed E-state index contributed by atoms with van der Waals surface area (Å²) in [6.45, 7) is 0. The van der Waals surface area contributed by atoms with Crippen LogP contribution in [0.1, 0.15) is 11.1 Å². The van der Waals surface area contributed by atoms with Gasteiger partial charge in [0.15, 0.2) is 0 Å². The quantitative estimate of drug-likeness (QED) is 0.258. The van der Waals surface area contributed by atoms with Crippen molar-refractivity contribution in [2.75, 3.05) is 12.4 Å². The topological polar surface area (TPSA) is 58.6 Å². The molecule has 31 heavy (non-hydrogen) atoms. The first kappa shape index (κ1) is 22.8. The molecule has 3 rings (SSSR count). The zero-order valence-corrected chi connectivity index (χ0v) is 18.8. The average Bonchev–Trinajstić information content (AvgIpc) is 2.75. The van der Waals surface area contributed by atoms with Gasteiger partial charge in [0.2, 0.25) is 0 Å². The van der Waals surface area contributed by atoms with Gasteiger partial charge in [-0.1, -0.05) is 30.3 Å². The maximum Gasteiger partial charge on any atom is 0.328 e. The molecule has 0 aliphatic carbocycles. The summed E-state index contributed by atoms with van der Waals surface area (Å²) < 4.78 is 34.4. The van der Waals surface area contributed by atoms with E-state index in [9.17, 15) is 13.6 Å². The second kappa shape index (κ2) is 10.5. The summed E-state index contributed by atoms with van der Waals surface area (Å²) in [5, 5.41) is 12.0. The summed E-state index contributed by atoms with van der Waals surface area (Å²) >= 11 is 4.40. The highest BCUT2D eigenvalue weighted by molar-refractivity contribution is 9.10. The van der Waals surface area contributed by atoms with Crippen LogP contribution >= 0.6 is 27.7 Å². The molecule has 0 aliphatic rings. The zero-order valence-electron chi connectivity index (χ0n) is 16.4. The van der Waals surface area contributed by atoms with Crippen LogP contribution in [0.25, 0.3) is 6.08 Å². The second-order valence-corrected chi connectivity index (χ2v) is 8.28. The third-order valence-corrected chi connectivity index (χ3v) is 5.97. The van der Waals surface area contributed by atoms with Crippen LogP contribution < -0.4 is 10.1 Å². The molecule has 0 fully saturated rings. The number of carboxylic acids is 1. The van der Waals surface area contributed by atoms with E-state index in [2.05, 4.69) is 21.2 Å². The molecule has 0 bridgehead atoms. The van der Waals surface area contributed by atoms with Crippen LogP contribution in [0.2, 0.25) is 0 Å². The molecule has 160 valence electrons. The fourth-order valence-corrected chi connectivity index (χ4v) is 4.01. The highest BCUT2D eigenvalue weighted by atomic mass is 79.9. The van der Waals surface area contributed by atoms with Crippen molar-refractivity contribution in [3.63, 3.8) is 0 Å². The number of carboxylic acid groups (broad SMARTS) is 1. The molecule has 0 unspecified atom stereocenters. The number of rotatable bonds is 8. The standard InChI is InChI=1S/C23H18BrF2NO3S/c1-30-21-10-16(24)17(25)11-20(21)27-19-12-18(26)22(9-15(19)7-8-23(28)29)31-13-14-5-3-2-4-6-14/h2-12,27H,13H2,1H3,(H,28,29)/b8-7+. The summed E-state index contributed by atoms with van der Waals surface area (Å²) in [5.74, 6) is -1.25. The van der Waals surface area contributed by atoms with Gasteiger partial charge in [-0.25, -0.2) is 13.6 Å². The fraction of sp³-hybridized carbons (Fsp3) is 0.0870. The van der Waals surface area contributed by atoms with E-state index in [1.54, 1.807) is 6.07 Å². The number of nitrogens with one attached hydrogen (secondary N) is 1. The normalized spacial score (nSPS) is 11.0. The predicted molar refractivity (Wildman–Crippen MR) is 123 cm³/mol. The van der Waals surface area contributed by atoms with Crippen molar-refractivity contribution in [1.29, 1.82) is 0 Å². The molecule has 8 heteroatoms. The molecule has 0 spiro atoms. The Bertz CT molecular complexity index is 1120. The number of anilines is 2. The van der Waals surface area contributed by atoms with Gasteiger partial charge in [0, 0.05) is 28.5 Å². The molecule has 2 N–H and O–H groups in total. The fourth-order valence-electron chi connectivity index (χ4n) is 2.76. The van der Waals surface area contributed by atoms with Gasteiger partial charge in [0.1, 0.15) is 17.4 Å². The maximum atomic E-state index is 14.8. The van der Waals surface area contributed by atoms with Crippen LogP contribution in [0.3, 0.4) is 0 Å². The number of carbonyl (C=O) groups is 1. The van der Waals surface area contributed by atoms with Crippen molar-refractivity contribution in [2.24, 2.45) is 0 Å². The minimum absolute atomic E-state index is 0.222. The number of hydrogen-bond donors (Lipinski definition) is 2. The Hall–Kier alpha value is -2.84. The van der Waals surface area contributed by atoms with Gasteiger partial charge in [-0.3, -0.25) is 0 Å². The Morgan fingerprint density at radius 3 is 2.52 bits per heavy atom. The Balaban J connectivity index is 1.96. The van der Waals surface area contributed by atoms with Crippen molar-refractivity contribution in [2.45, 2.75) is 10.6 Å². The number of thioether (sulfide) groups is 1. The summed E-state index contributed by atoms with van der Waals surface area (Å²) in [4.78, 5) is 11.4. The van der Waals surface area contributed by atoms with E-state index in [-0.39, 0.29) is 15.8 Å². The van der Waals surface area contributed by atoms with Crippen LogP contribution in [0.4, 0.5) is 20.2 Å². The predicted octanol–water partition coefficient (Wildman–Crippen LogP) is 6.87. The lowest BCUT2D eigenvalue weighted by molar-refractivity contribution is -0.131. The molecule has 3 aromatic rings. The van der Waals surface area contributed by atoms with Gasteiger partial charge in [-0.2, -0.15) is 0 Å². The van der Waals surface area contributed by atoms with Crippen LogP contribution in [0, 0.1) is 11.6 Å². The zero-order chi connectivity index (χ0) is 22.4. The highest BCUT2D eigenvalue weighted by Gasteiger charge is 2.14. The smallest absolute Gasteiger partial charge is 0.328 e. The van der Waals surface area contributed by atoms with E-state index in [0.717, 1.165) is 11.6 Å². The van der Waals surface area contributed by atoms with E-state index < -0.39 is 17.6 Å². The van der Waals surface area contributed by atoms with Gasteiger partial charge in [0.05, 0.1) is 17.3 Å². The number of benzene rings is 3. The Morgan fingerprint density at radius 1 is 1.13 bits per heavy atom. The largest absolute Gasteiger partial charge is 0.495 e. The lowest BCUT2D eigenvalue weighted by Crippen LogP contribution is -2.00. The van der Waals surface area contributed by atoms with Crippen molar-refractivity contribution < 1.29 is 23.4 Å². The Labute approximate surface area is 191 Å². The molecule has 3 aromatic carbocycles. The first-order chi connectivity index (χ1) is 14.9. The first-order valence-electron chi connectivity index (χ1n) is 9.08. The molecular formula is C23H18BrF2NO3S. The van der Waals surface area contributed by atoms with Crippen molar-refractivity contribution >= 4 is 51.1 Å². The number of aliphatic carboxylic acids is 1. The van der Waals surface area contributed by atoms with Gasteiger partial charge in [0.25, 0.3) is 0 Å². The lowest BCUT2D eigenvalue weighted by Gasteiger charge is -2.16. The summed E-state index contributed by atoms with van der Waals surface area (Å²) in [5.41, 5.74) is 2.02. The average molecular weight is 506 g/mol. The third-order valence-electron chi connectivity index (χ3n) is 4.26. The van der Waals surface area contributed by atoms with E-state index in [4.69, 9.17) is 9.84 Å². The van der Waals surface area contributed by atoms with Crippen molar-refractivity contribution in [1.82, 2.24) is 0 Å². The third kappa shape index (κ3) is 6.08. The maximum absolute atomic E-state index is 14.8. The molecule has 0 aromatic heterocycles. The Morgan fingerprint density at radius 2 is 1.84 bits per heavy atom. The molecule has 0 heterocycles. The summed E-state index contributed by atoms with van der Waals surface area (Å²) in [7, 11) is 1.43. The van der Waals surface area contributed by atoms with Crippen LogP contribution in [0.15, 0.2) is 70.0 Å².